The molecule has 2 aromatic rings. The van der Waals surface area contributed by atoms with Crippen LogP contribution in [-0.4, -0.2) is 23.5 Å². The molecule has 1 aliphatic heterocycles. The molecule has 1 saturated carbocycles. The molecular formula is C25H28ClNO3. The van der Waals surface area contributed by atoms with Crippen molar-refractivity contribution >= 4 is 29.2 Å². The third-order valence-electron chi connectivity index (χ3n) is 6.55. The van der Waals surface area contributed by atoms with Crippen molar-refractivity contribution in [3.63, 3.8) is 0 Å². The van der Waals surface area contributed by atoms with Crippen LogP contribution in [0.2, 0.25) is 5.02 Å². The number of rotatable bonds is 4. The number of aliphatic carboxylic acids is 1. The first-order chi connectivity index (χ1) is 14.5. The summed E-state index contributed by atoms with van der Waals surface area (Å²) < 4.78 is 0. The van der Waals surface area contributed by atoms with Gasteiger partial charge in [0.2, 0.25) is 0 Å². The fraction of sp³-hybridized carbons (Fsp3) is 0.440. The number of hydrogen-bond donors (Lipinski definition) is 1. The normalized spacial score (nSPS) is 19.8. The van der Waals surface area contributed by atoms with Gasteiger partial charge in [0.1, 0.15) is 0 Å². The molecule has 30 heavy (non-hydrogen) atoms. The Morgan fingerprint density at radius 3 is 2.40 bits per heavy atom. The average Bonchev–Trinajstić information content (AvgIpc) is 2.93. The van der Waals surface area contributed by atoms with Crippen LogP contribution in [0.25, 0.3) is 0 Å². The van der Waals surface area contributed by atoms with E-state index in [9.17, 15) is 14.7 Å². The molecule has 0 aromatic heterocycles. The number of anilines is 1. The fourth-order valence-corrected chi connectivity index (χ4v) is 5.17. The van der Waals surface area contributed by atoms with E-state index in [1.165, 1.54) is 37.7 Å². The molecule has 0 spiro atoms. The Bertz CT molecular complexity index is 918. The summed E-state index contributed by atoms with van der Waals surface area (Å²) in [6.07, 6.45) is 7.91. The number of carboxylic acid groups (broad SMARTS) is 1. The maximum atomic E-state index is 13.4. The van der Waals surface area contributed by atoms with Gasteiger partial charge in [0, 0.05) is 22.8 Å². The topological polar surface area (TPSA) is 57.6 Å². The maximum absolute atomic E-state index is 13.4. The zero-order valence-electron chi connectivity index (χ0n) is 17.1. The standard InChI is InChI=1S/C25H28ClNO3/c26-21-12-13-23-22(16-21)20(15-24(28)29)7-4-14-27(23)25(30)19-10-8-18(9-11-19)17-5-2-1-3-6-17/h8-13,16-17,20H,1-7,14-15H2,(H,28,29). The van der Waals surface area contributed by atoms with Gasteiger partial charge in [0.15, 0.2) is 0 Å². The molecule has 1 unspecified atom stereocenters. The quantitative estimate of drug-likeness (QED) is 0.617. The van der Waals surface area contributed by atoms with E-state index in [1.54, 1.807) is 11.0 Å². The summed E-state index contributed by atoms with van der Waals surface area (Å²) in [4.78, 5) is 26.5. The molecule has 0 radical (unpaired) electrons. The Balaban J connectivity index is 1.60. The number of benzene rings is 2. The van der Waals surface area contributed by atoms with Gasteiger partial charge in [-0.3, -0.25) is 9.59 Å². The zero-order chi connectivity index (χ0) is 21.1. The molecule has 1 fully saturated rings. The Morgan fingerprint density at radius 1 is 0.967 bits per heavy atom. The fourth-order valence-electron chi connectivity index (χ4n) is 4.99. The Hall–Kier alpha value is -2.33. The second kappa shape index (κ2) is 9.22. The molecule has 1 aliphatic carbocycles. The molecule has 1 heterocycles. The van der Waals surface area contributed by atoms with Gasteiger partial charge in [-0.25, -0.2) is 0 Å². The number of nitrogens with zero attached hydrogens (tertiary/aromatic N) is 1. The predicted molar refractivity (Wildman–Crippen MR) is 120 cm³/mol. The van der Waals surface area contributed by atoms with Gasteiger partial charge in [-0.1, -0.05) is 43.0 Å². The SMILES string of the molecule is O=C(O)CC1CCCN(C(=O)c2ccc(C3CCCCC3)cc2)c2ccc(Cl)cc21. The Labute approximate surface area is 182 Å². The van der Waals surface area contributed by atoms with Crippen LogP contribution in [0.3, 0.4) is 0 Å². The van der Waals surface area contributed by atoms with E-state index in [-0.39, 0.29) is 18.2 Å². The lowest BCUT2D eigenvalue weighted by atomic mass is 9.84. The first kappa shape index (κ1) is 20.9. The lowest BCUT2D eigenvalue weighted by Crippen LogP contribution is -2.31. The van der Waals surface area contributed by atoms with Crippen LogP contribution in [0.4, 0.5) is 5.69 Å². The van der Waals surface area contributed by atoms with Crippen LogP contribution in [0.1, 0.15) is 84.7 Å². The van der Waals surface area contributed by atoms with Crippen molar-refractivity contribution in [2.24, 2.45) is 0 Å². The summed E-state index contributed by atoms with van der Waals surface area (Å²) in [5.41, 5.74) is 3.64. The molecule has 2 aromatic carbocycles. The van der Waals surface area contributed by atoms with Crippen molar-refractivity contribution in [1.82, 2.24) is 0 Å². The van der Waals surface area contributed by atoms with Gasteiger partial charge < -0.3 is 10.0 Å². The highest BCUT2D eigenvalue weighted by Gasteiger charge is 2.29. The Kier molecular flexibility index (Phi) is 6.43. The van der Waals surface area contributed by atoms with E-state index in [0.29, 0.717) is 23.0 Å². The maximum Gasteiger partial charge on any atom is 0.303 e. The highest BCUT2D eigenvalue weighted by Crippen LogP contribution is 2.39. The highest BCUT2D eigenvalue weighted by molar-refractivity contribution is 6.30. The van der Waals surface area contributed by atoms with Crippen LogP contribution in [0.15, 0.2) is 42.5 Å². The molecule has 5 heteroatoms. The second-order valence-electron chi connectivity index (χ2n) is 8.55. The average molecular weight is 426 g/mol. The van der Waals surface area contributed by atoms with Crippen LogP contribution in [0.5, 0.6) is 0 Å². The highest BCUT2D eigenvalue weighted by atomic mass is 35.5. The summed E-state index contributed by atoms with van der Waals surface area (Å²) in [5, 5.41) is 9.89. The first-order valence-electron chi connectivity index (χ1n) is 11.0. The number of carboxylic acids is 1. The van der Waals surface area contributed by atoms with Gasteiger partial charge in [-0.05, 0) is 79.0 Å². The van der Waals surface area contributed by atoms with E-state index in [4.69, 9.17) is 11.6 Å². The Morgan fingerprint density at radius 2 is 1.70 bits per heavy atom. The van der Waals surface area contributed by atoms with Crippen molar-refractivity contribution in [2.45, 2.75) is 63.2 Å². The van der Waals surface area contributed by atoms with Crippen LogP contribution >= 0.6 is 11.6 Å². The van der Waals surface area contributed by atoms with Gasteiger partial charge >= 0.3 is 5.97 Å². The van der Waals surface area contributed by atoms with E-state index in [0.717, 1.165) is 24.1 Å². The largest absolute Gasteiger partial charge is 0.481 e. The van der Waals surface area contributed by atoms with E-state index >= 15 is 0 Å². The van der Waals surface area contributed by atoms with Gasteiger partial charge in [-0.15, -0.1) is 0 Å². The summed E-state index contributed by atoms with van der Waals surface area (Å²) in [7, 11) is 0. The smallest absolute Gasteiger partial charge is 0.303 e. The summed E-state index contributed by atoms with van der Waals surface area (Å²) in [5.74, 6) is -0.392. The third kappa shape index (κ3) is 4.54. The number of halogens is 1. The summed E-state index contributed by atoms with van der Waals surface area (Å²) >= 11 is 6.22. The summed E-state index contributed by atoms with van der Waals surface area (Å²) in [6, 6.07) is 13.6. The lowest BCUT2D eigenvalue weighted by Gasteiger charge is -2.25. The summed E-state index contributed by atoms with van der Waals surface area (Å²) in [6.45, 7) is 0.577. The third-order valence-corrected chi connectivity index (χ3v) is 6.79. The van der Waals surface area contributed by atoms with Crippen molar-refractivity contribution in [2.75, 3.05) is 11.4 Å². The first-order valence-corrected chi connectivity index (χ1v) is 11.3. The van der Waals surface area contributed by atoms with Crippen LogP contribution in [0, 0.1) is 0 Å². The monoisotopic (exact) mass is 425 g/mol. The molecule has 4 rings (SSSR count). The molecule has 1 N–H and O–H groups in total. The molecule has 2 aliphatic rings. The molecule has 4 nitrogen and oxygen atoms in total. The number of amides is 1. The van der Waals surface area contributed by atoms with Crippen LogP contribution in [-0.2, 0) is 4.79 Å². The number of carbonyl (C=O) groups excluding carboxylic acids is 1. The molecular weight excluding hydrogens is 398 g/mol. The van der Waals surface area contributed by atoms with Crippen molar-refractivity contribution < 1.29 is 14.7 Å². The van der Waals surface area contributed by atoms with Crippen molar-refractivity contribution in [1.29, 1.82) is 0 Å². The van der Waals surface area contributed by atoms with Crippen molar-refractivity contribution in [3.8, 4) is 0 Å². The van der Waals surface area contributed by atoms with E-state index in [2.05, 4.69) is 12.1 Å². The molecule has 0 bridgehead atoms. The van der Waals surface area contributed by atoms with Gasteiger partial charge in [0.05, 0.1) is 6.42 Å². The number of hydrogen-bond acceptors (Lipinski definition) is 2. The van der Waals surface area contributed by atoms with E-state index < -0.39 is 5.97 Å². The molecule has 158 valence electrons. The minimum Gasteiger partial charge on any atom is -0.481 e. The molecule has 0 saturated heterocycles. The minimum absolute atomic E-state index is 0.0373. The van der Waals surface area contributed by atoms with Crippen molar-refractivity contribution in [3.05, 3.63) is 64.2 Å². The van der Waals surface area contributed by atoms with Crippen LogP contribution < -0.4 is 4.90 Å². The minimum atomic E-state index is -0.830. The van der Waals surface area contributed by atoms with Gasteiger partial charge in [-0.2, -0.15) is 0 Å². The van der Waals surface area contributed by atoms with E-state index in [1.807, 2.05) is 24.3 Å². The molecule has 1 atom stereocenters. The van der Waals surface area contributed by atoms with Gasteiger partial charge in [0.25, 0.3) is 5.91 Å². The zero-order valence-corrected chi connectivity index (χ0v) is 17.9. The number of carbonyl (C=O) groups is 2. The lowest BCUT2D eigenvalue weighted by molar-refractivity contribution is -0.137. The number of fused-ring (bicyclic) bond motifs is 1. The second-order valence-corrected chi connectivity index (χ2v) is 8.99. The molecule has 1 amide bonds. The predicted octanol–water partition coefficient (Wildman–Crippen LogP) is 6.39.